The fraction of sp³-hybridized carbons (Fsp3) is 0.835. The van der Waals surface area contributed by atoms with Gasteiger partial charge in [0.2, 0.25) is 5.91 Å². The number of carbonyl (C=O) groups excluding carboxylic acids is 1. The van der Waals surface area contributed by atoms with E-state index in [1.165, 1.54) is 231 Å². The van der Waals surface area contributed by atoms with Crippen LogP contribution >= 0.6 is 0 Å². The predicted octanol–water partition coefficient (Wildman–Crippen LogP) is 16.9. The molecule has 0 aromatic carbocycles. The van der Waals surface area contributed by atoms with Gasteiger partial charge in [0.05, 0.1) is 38.6 Å². The summed E-state index contributed by atoms with van der Waals surface area (Å²) in [6.07, 6.45) is 68.2. The van der Waals surface area contributed by atoms with Gasteiger partial charge in [-0.1, -0.05) is 362 Å². The fourth-order valence-electron chi connectivity index (χ4n) is 14.9. The average Bonchev–Trinajstić information content (AvgIpc) is 0.780. The Morgan fingerprint density at radius 2 is 0.627 bits per heavy atom. The zero-order valence-electron chi connectivity index (χ0n) is 69.0. The second kappa shape index (κ2) is 70.2. The van der Waals surface area contributed by atoms with Gasteiger partial charge in [0, 0.05) is 6.42 Å². The number of rotatable bonds is 72. The molecule has 3 saturated heterocycles. The lowest BCUT2D eigenvalue weighted by Gasteiger charge is -2.48. The summed E-state index contributed by atoms with van der Waals surface area (Å²) in [5, 5.41) is 121. The summed E-state index contributed by atoms with van der Waals surface area (Å²) in [5.74, 6) is -0.239. The number of carbonyl (C=O) groups is 1. The molecule has 3 aliphatic heterocycles. The smallest absolute Gasteiger partial charge is 0.220 e. The van der Waals surface area contributed by atoms with Crippen molar-refractivity contribution in [3.8, 4) is 0 Å². The molecule has 3 rings (SSSR count). The Kier molecular flexibility index (Phi) is 64.6. The second-order valence-electron chi connectivity index (χ2n) is 31.7. The Morgan fingerprint density at radius 1 is 0.336 bits per heavy atom. The van der Waals surface area contributed by atoms with Crippen LogP contribution in [0, 0.1) is 0 Å². The summed E-state index contributed by atoms with van der Waals surface area (Å²) in [5.41, 5.74) is 0. The van der Waals surface area contributed by atoms with E-state index >= 15 is 0 Å². The van der Waals surface area contributed by atoms with E-state index in [0.717, 1.165) is 89.9 Å². The van der Waals surface area contributed by atoms with Crippen molar-refractivity contribution in [2.24, 2.45) is 0 Å². The van der Waals surface area contributed by atoms with Crippen LogP contribution < -0.4 is 5.32 Å². The standard InChI is InChI=1S/C91H163NO18/c1-3-5-7-9-11-13-15-17-19-21-23-25-27-29-31-32-33-34-35-36-37-38-39-40-41-42-43-45-47-49-51-53-55-57-59-61-63-65-67-69-79(97)92-74(75(96)68-66-64-62-60-58-56-54-52-50-48-46-44-30-28-26-24-22-20-18-16-14-12-10-8-6-4-2)73-105-89-85(103)82(100)87(77(71-94)107-89)110-91-86(104)83(101)88(78(72-95)108-91)109-90-84(102)81(99)80(98)76(70-93)106-90/h5,7,11,13,17,19,23,25,29,31,33-34,36-37,74-78,80-91,93-96,98-104H,3-4,6,8-10,12,14-16,18,20-22,24,26-28,30,32,35,38-73H2,1-2H3,(H,92,97)/b7-5-,13-11-,19-17-,25-23-,31-29-,34-33-,37-36-. The molecular weight excluding hydrogens is 1390 g/mol. The molecule has 640 valence electrons. The number of ether oxygens (including phenoxy) is 6. The molecule has 0 aromatic rings. The van der Waals surface area contributed by atoms with Crippen LogP contribution in [-0.4, -0.2) is 193 Å². The highest BCUT2D eigenvalue weighted by Gasteiger charge is 2.54. The summed E-state index contributed by atoms with van der Waals surface area (Å²) in [6.45, 7) is 1.74. The van der Waals surface area contributed by atoms with Gasteiger partial charge in [0.25, 0.3) is 0 Å². The summed E-state index contributed by atoms with van der Waals surface area (Å²) < 4.78 is 34.6. The highest BCUT2D eigenvalue weighted by atomic mass is 16.8. The van der Waals surface area contributed by atoms with Crippen LogP contribution in [-0.2, 0) is 33.2 Å². The first-order chi connectivity index (χ1) is 53.8. The summed E-state index contributed by atoms with van der Waals surface area (Å²) in [7, 11) is 0. The molecule has 17 atom stereocenters. The van der Waals surface area contributed by atoms with E-state index in [4.69, 9.17) is 28.4 Å². The van der Waals surface area contributed by atoms with Crippen LogP contribution in [0.5, 0.6) is 0 Å². The summed E-state index contributed by atoms with van der Waals surface area (Å²) in [4.78, 5) is 13.5. The molecule has 17 unspecified atom stereocenters. The molecule has 12 N–H and O–H groups in total. The zero-order chi connectivity index (χ0) is 79.5. The minimum Gasteiger partial charge on any atom is -0.394 e. The van der Waals surface area contributed by atoms with Crippen molar-refractivity contribution in [1.29, 1.82) is 0 Å². The SMILES string of the molecule is CC/C=C\C/C=C\C/C=C\C/C=C\C/C=C\C/C=C\C/C=C\CCCCCCCCCCCCCCCCCCCC(=O)NC(COC1OC(CO)C(OC2OC(CO)C(OC3OC(CO)C(O)C(O)C3O)C(O)C2O)C(O)C1O)C(O)CCCCCCCCCCCCCCCCCCCCCCCCCCCC. The lowest BCUT2D eigenvalue weighted by atomic mass is 9.96. The first kappa shape index (κ1) is 101. The molecular formula is C91H163NO18. The molecule has 110 heavy (non-hydrogen) atoms. The van der Waals surface area contributed by atoms with Gasteiger partial charge < -0.3 is 89.9 Å². The first-order valence-electron chi connectivity index (χ1n) is 44.8. The predicted molar refractivity (Wildman–Crippen MR) is 443 cm³/mol. The van der Waals surface area contributed by atoms with Crippen molar-refractivity contribution >= 4 is 5.91 Å². The van der Waals surface area contributed by atoms with Gasteiger partial charge in [-0.3, -0.25) is 4.79 Å². The molecule has 3 fully saturated rings. The minimum atomic E-state index is -1.98. The van der Waals surface area contributed by atoms with E-state index in [2.05, 4.69) is 104 Å². The van der Waals surface area contributed by atoms with E-state index in [1.807, 2.05) is 0 Å². The molecule has 3 aliphatic rings. The lowest BCUT2D eigenvalue weighted by Crippen LogP contribution is -2.66. The number of hydrogen-bond donors (Lipinski definition) is 12. The minimum absolute atomic E-state index is 0.239. The van der Waals surface area contributed by atoms with Crippen LogP contribution in [0.4, 0.5) is 0 Å². The van der Waals surface area contributed by atoms with Crippen LogP contribution in [0.2, 0.25) is 0 Å². The van der Waals surface area contributed by atoms with Crippen LogP contribution in [0.3, 0.4) is 0 Å². The molecule has 19 nitrogen and oxygen atoms in total. The summed E-state index contributed by atoms with van der Waals surface area (Å²) in [6, 6.07) is -0.892. The Labute approximate surface area is 667 Å². The van der Waals surface area contributed by atoms with Crippen LogP contribution in [0.25, 0.3) is 0 Å². The van der Waals surface area contributed by atoms with Crippen molar-refractivity contribution in [2.75, 3.05) is 26.4 Å². The van der Waals surface area contributed by atoms with Gasteiger partial charge in [-0.25, -0.2) is 0 Å². The number of hydrogen-bond acceptors (Lipinski definition) is 18. The maximum absolute atomic E-state index is 13.5. The molecule has 0 aromatic heterocycles. The average molecular weight is 1560 g/mol. The highest BCUT2D eigenvalue weighted by Crippen LogP contribution is 2.34. The third kappa shape index (κ3) is 48.5. The number of unbranched alkanes of at least 4 members (excludes halogenated alkanes) is 42. The summed E-state index contributed by atoms with van der Waals surface area (Å²) >= 11 is 0. The maximum atomic E-state index is 13.5. The van der Waals surface area contributed by atoms with Crippen molar-refractivity contribution in [3.05, 3.63) is 85.1 Å². The number of amides is 1. The largest absolute Gasteiger partial charge is 0.394 e. The molecule has 3 heterocycles. The molecule has 0 saturated carbocycles. The molecule has 0 spiro atoms. The lowest BCUT2D eigenvalue weighted by molar-refractivity contribution is -0.379. The normalized spacial score (nSPS) is 25.6. The fourth-order valence-corrected chi connectivity index (χ4v) is 14.9. The van der Waals surface area contributed by atoms with Crippen molar-refractivity contribution in [3.63, 3.8) is 0 Å². The number of allylic oxidation sites excluding steroid dienone is 14. The Bertz CT molecular complexity index is 2310. The number of nitrogens with one attached hydrogen (secondary N) is 1. The van der Waals surface area contributed by atoms with Crippen LogP contribution in [0.15, 0.2) is 85.1 Å². The molecule has 0 aliphatic carbocycles. The maximum Gasteiger partial charge on any atom is 0.220 e. The number of aliphatic hydroxyl groups excluding tert-OH is 11. The first-order valence-corrected chi connectivity index (χ1v) is 44.8. The molecule has 19 heteroatoms. The monoisotopic (exact) mass is 1560 g/mol. The van der Waals surface area contributed by atoms with Gasteiger partial charge in [0.1, 0.15) is 73.2 Å². The van der Waals surface area contributed by atoms with Crippen molar-refractivity contribution in [1.82, 2.24) is 5.32 Å². The molecule has 0 radical (unpaired) electrons. The van der Waals surface area contributed by atoms with E-state index < -0.39 is 124 Å². The van der Waals surface area contributed by atoms with Gasteiger partial charge in [-0.05, 0) is 70.6 Å². The number of aliphatic hydroxyl groups is 11. The third-order valence-corrected chi connectivity index (χ3v) is 22.0. The van der Waals surface area contributed by atoms with E-state index in [1.54, 1.807) is 0 Å². The van der Waals surface area contributed by atoms with Crippen molar-refractivity contribution < 1.29 is 89.4 Å². The van der Waals surface area contributed by atoms with E-state index in [-0.39, 0.29) is 18.9 Å². The quantitative estimate of drug-likeness (QED) is 0.0199. The van der Waals surface area contributed by atoms with Gasteiger partial charge in [-0.15, -0.1) is 0 Å². The highest BCUT2D eigenvalue weighted by molar-refractivity contribution is 5.76. The zero-order valence-corrected chi connectivity index (χ0v) is 69.0. The van der Waals surface area contributed by atoms with Gasteiger partial charge in [0.15, 0.2) is 18.9 Å². The Morgan fingerprint density at radius 3 is 0.982 bits per heavy atom. The van der Waals surface area contributed by atoms with Gasteiger partial charge in [-0.2, -0.15) is 0 Å². The Hall–Kier alpha value is -3.03. The third-order valence-electron chi connectivity index (χ3n) is 22.0. The Balaban J connectivity index is 1.31. The van der Waals surface area contributed by atoms with E-state index in [0.29, 0.717) is 12.8 Å². The van der Waals surface area contributed by atoms with Gasteiger partial charge >= 0.3 is 0 Å². The van der Waals surface area contributed by atoms with Crippen LogP contribution in [0.1, 0.15) is 354 Å². The molecule has 1 amide bonds. The van der Waals surface area contributed by atoms with Crippen molar-refractivity contribution in [2.45, 2.75) is 458 Å². The second-order valence-corrected chi connectivity index (χ2v) is 31.7. The topological polar surface area (TPSA) is 307 Å². The molecule has 0 bridgehead atoms. The van der Waals surface area contributed by atoms with E-state index in [9.17, 15) is 61.0 Å².